The molecule has 0 saturated carbocycles. The number of pyridine rings is 1. The summed E-state index contributed by atoms with van der Waals surface area (Å²) in [4.78, 5) is 14.6. The minimum Gasteiger partial charge on any atom is -0.478 e. The summed E-state index contributed by atoms with van der Waals surface area (Å²) in [6.45, 7) is 0.963. The predicted octanol–water partition coefficient (Wildman–Crippen LogP) is 1.21. The molecule has 80 valence electrons. The molecule has 1 N–H and O–H groups in total. The molecule has 1 fully saturated rings. The Morgan fingerprint density at radius 3 is 2.93 bits per heavy atom. The normalized spacial score (nSPS) is 15.8. The number of hydrogen-bond acceptors (Lipinski definition) is 4. The second-order valence-corrected chi connectivity index (χ2v) is 3.44. The number of rotatable bonds is 3. The monoisotopic (exact) mass is 229 g/mol. The number of halogens is 1. The van der Waals surface area contributed by atoms with Crippen molar-refractivity contribution in [3.05, 3.63) is 22.8 Å². The highest BCUT2D eigenvalue weighted by atomic mass is 35.5. The van der Waals surface area contributed by atoms with Crippen LogP contribution >= 0.6 is 11.6 Å². The summed E-state index contributed by atoms with van der Waals surface area (Å²) < 4.78 is 10.3. The third-order valence-corrected chi connectivity index (χ3v) is 2.34. The molecule has 1 aromatic rings. The van der Waals surface area contributed by atoms with Crippen LogP contribution in [-0.2, 0) is 4.74 Å². The molecular formula is C9H8ClNO4. The molecule has 1 aromatic heterocycles. The quantitative estimate of drug-likeness (QED) is 0.844. The summed E-state index contributed by atoms with van der Waals surface area (Å²) in [6.07, 6.45) is 1.27. The van der Waals surface area contributed by atoms with Crippen LogP contribution in [-0.4, -0.2) is 35.4 Å². The summed E-state index contributed by atoms with van der Waals surface area (Å²) in [5, 5.41) is 8.83. The lowest BCUT2D eigenvalue weighted by atomic mass is 10.2. The molecule has 0 atom stereocenters. The first-order valence-electron chi connectivity index (χ1n) is 4.30. The summed E-state index contributed by atoms with van der Waals surface area (Å²) in [5.41, 5.74) is -0.0121. The van der Waals surface area contributed by atoms with E-state index in [4.69, 9.17) is 26.2 Å². The zero-order valence-corrected chi connectivity index (χ0v) is 8.40. The van der Waals surface area contributed by atoms with Gasteiger partial charge in [0.2, 0.25) is 5.88 Å². The van der Waals surface area contributed by atoms with Crippen molar-refractivity contribution in [2.24, 2.45) is 0 Å². The molecule has 5 nitrogen and oxygen atoms in total. The Morgan fingerprint density at radius 2 is 2.40 bits per heavy atom. The average molecular weight is 230 g/mol. The minimum absolute atomic E-state index is 0.0121. The fourth-order valence-corrected chi connectivity index (χ4v) is 1.35. The van der Waals surface area contributed by atoms with E-state index in [1.54, 1.807) is 0 Å². The number of nitrogens with zero attached hydrogens (tertiary/aromatic N) is 1. The average Bonchev–Trinajstić information content (AvgIpc) is 2.13. The van der Waals surface area contributed by atoms with E-state index < -0.39 is 5.97 Å². The third-order valence-electron chi connectivity index (χ3n) is 1.97. The summed E-state index contributed by atoms with van der Waals surface area (Å²) in [6, 6.07) is 1.33. The van der Waals surface area contributed by atoms with E-state index in [-0.39, 0.29) is 22.6 Å². The number of ether oxygens (including phenoxy) is 2. The molecule has 0 aliphatic carbocycles. The fraction of sp³-hybridized carbons (Fsp3) is 0.333. The molecule has 15 heavy (non-hydrogen) atoms. The number of hydrogen-bond donors (Lipinski definition) is 1. The Balaban J connectivity index is 2.22. The first kappa shape index (κ1) is 10.2. The van der Waals surface area contributed by atoms with Crippen LogP contribution in [0.3, 0.4) is 0 Å². The highest BCUT2D eigenvalue weighted by molar-refractivity contribution is 6.34. The molecule has 0 bridgehead atoms. The van der Waals surface area contributed by atoms with Crippen molar-refractivity contribution in [3.63, 3.8) is 0 Å². The van der Waals surface area contributed by atoms with E-state index in [9.17, 15) is 4.79 Å². The van der Waals surface area contributed by atoms with Crippen molar-refractivity contribution < 1.29 is 19.4 Å². The molecule has 0 amide bonds. The molecule has 2 rings (SSSR count). The van der Waals surface area contributed by atoms with Crippen LogP contribution in [0.15, 0.2) is 12.3 Å². The van der Waals surface area contributed by atoms with Gasteiger partial charge in [0.05, 0.1) is 18.8 Å². The van der Waals surface area contributed by atoms with Crippen molar-refractivity contribution in [1.29, 1.82) is 0 Å². The first-order chi connectivity index (χ1) is 7.18. The first-order valence-corrected chi connectivity index (χ1v) is 4.68. The van der Waals surface area contributed by atoms with Crippen LogP contribution in [0.1, 0.15) is 10.4 Å². The van der Waals surface area contributed by atoms with E-state index in [0.717, 1.165) is 0 Å². The highest BCUT2D eigenvalue weighted by Crippen LogP contribution is 2.27. The van der Waals surface area contributed by atoms with Crippen molar-refractivity contribution in [1.82, 2.24) is 4.98 Å². The molecule has 0 unspecified atom stereocenters. The number of aromatic nitrogens is 1. The van der Waals surface area contributed by atoms with Gasteiger partial charge in [0.1, 0.15) is 11.1 Å². The lowest BCUT2D eigenvalue weighted by Crippen LogP contribution is -2.38. The maximum Gasteiger partial charge on any atom is 0.337 e. The van der Waals surface area contributed by atoms with Gasteiger partial charge in [-0.3, -0.25) is 0 Å². The van der Waals surface area contributed by atoms with E-state index in [0.29, 0.717) is 13.2 Å². The second kappa shape index (κ2) is 4.04. The lowest BCUT2D eigenvalue weighted by molar-refractivity contribution is -0.0813. The Kier molecular flexibility index (Phi) is 2.75. The van der Waals surface area contributed by atoms with Gasteiger partial charge in [0.25, 0.3) is 0 Å². The largest absolute Gasteiger partial charge is 0.478 e. The Hall–Kier alpha value is -1.33. The van der Waals surface area contributed by atoms with Gasteiger partial charge in [-0.1, -0.05) is 11.6 Å². The van der Waals surface area contributed by atoms with Crippen LogP contribution in [0.4, 0.5) is 0 Å². The van der Waals surface area contributed by atoms with Gasteiger partial charge in [-0.2, -0.15) is 0 Å². The number of aromatic carboxylic acids is 1. The SMILES string of the molecule is O=C(O)c1ccnc(OC2COC2)c1Cl. The maximum absolute atomic E-state index is 10.8. The summed E-state index contributed by atoms with van der Waals surface area (Å²) in [7, 11) is 0. The standard InChI is InChI=1S/C9H8ClNO4/c10-7-6(9(12)13)1-2-11-8(7)15-5-3-14-4-5/h1-2,5H,3-4H2,(H,12,13). The predicted molar refractivity (Wildman–Crippen MR) is 51.4 cm³/mol. The Morgan fingerprint density at radius 1 is 1.67 bits per heavy atom. The fourth-order valence-electron chi connectivity index (χ4n) is 1.11. The van der Waals surface area contributed by atoms with Crippen molar-refractivity contribution >= 4 is 17.6 Å². The number of carbonyl (C=O) groups is 1. The molecule has 0 radical (unpaired) electrons. The van der Waals surface area contributed by atoms with Gasteiger partial charge in [0.15, 0.2) is 0 Å². The van der Waals surface area contributed by atoms with Gasteiger partial charge in [0, 0.05) is 6.20 Å². The molecule has 1 saturated heterocycles. The Labute approximate surface area is 90.6 Å². The topological polar surface area (TPSA) is 68.7 Å². The van der Waals surface area contributed by atoms with Gasteiger partial charge in [-0.15, -0.1) is 0 Å². The maximum atomic E-state index is 10.8. The zero-order chi connectivity index (χ0) is 10.8. The van der Waals surface area contributed by atoms with Gasteiger partial charge in [-0.25, -0.2) is 9.78 Å². The minimum atomic E-state index is -1.10. The number of carboxylic acid groups (broad SMARTS) is 1. The molecule has 6 heteroatoms. The molecule has 1 aliphatic rings. The van der Waals surface area contributed by atoms with E-state index >= 15 is 0 Å². The van der Waals surface area contributed by atoms with Crippen molar-refractivity contribution in [2.45, 2.75) is 6.10 Å². The van der Waals surface area contributed by atoms with E-state index in [1.165, 1.54) is 12.3 Å². The zero-order valence-electron chi connectivity index (χ0n) is 7.64. The molecule has 0 aromatic carbocycles. The number of carboxylic acids is 1. The molecular weight excluding hydrogens is 222 g/mol. The van der Waals surface area contributed by atoms with E-state index in [2.05, 4.69) is 4.98 Å². The third kappa shape index (κ3) is 2.03. The van der Waals surface area contributed by atoms with Gasteiger partial charge < -0.3 is 14.6 Å². The smallest absolute Gasteiger partial charge is 0.337 e. The molecule has 1 aliphatic heterocycles. The summed E-state index contributed by atoms with van der Waals surface area (Å²) in [5.74, 6) is -0.957. The van der Waals surface area contributed by atoms with Gasteiger partial charge in [-0.05, 0) is 6.07 Å². The lowest BCUT2D eigenvalue weighted by Gasteiger charge is -2.26. The van der Waals surface area contributed by atoms with Crippen molar-refractivity contribution in [2.75, 3.05) is 13.2 Å². The molecule has 2 heterocycles. The molecule has 0 spiro atoms. The van der Waals surface area contributed by atoms with Crippen LogP contribution in [0.2, 0.25) is 5.02 Å². The highest BCUT2D eigenvalue weighted by Gasteiger charge is 2.23. The van der Waals surface area contributed by atoms with Crippen LogP contribution in [0.25, 0.3) is 0 Å². The second-order valence-electron chi connectivity index (χ2n) is 3.06. The van der Waals surface area contributed by atoms with Crippen molar-refractivity contribution in [3.8, 4) is 5.88 Å². The Bertz CT molecular complexity index is 392. The van der Waals surface area contributed by atoms with Crippen LogP contribution < -0.4 is 4.74 Å². The van der Waals surface area contributed by atoms with Crippen LogP contribution in [0.5, 0.6) is 5.88 Å². The van der Waals surface area contributed by atoms with Crippen LogP contribution in [0, 0.1) is 0 Å². The summed E-state index contributed by atoms with van der Waals surface area (Å²) >= 11 is 5.82. The van der Waals surface area contributed by atoms with E-state index in [1.807, 2.05) is 0 Å². The van der Waals surface area contributed by atoms with Gasteiger partial charge >= 0.3 is 5.97 Å².